The van der Waals surface area contributed by atoms with Crippen LogP contribution in [0.15, 0.2) is 24.5 Å². The van der Waals surface area contributed by atoms with E-state index in [1.807, 2.05) is 0 Å². The van der Waals surface area contributed by atoms with Crippen LogP contribution in [0, 0.1) is 5.21 Å². The van der Waals surface area contributed by atoms with E-state index >= 15 is 0 Å². The number of amides is 1. The molecule has 8 nitrogen and oxygen atoms in total. The molecule has 0 aromatic carbocycles. The van der Waals surface area contributed by atoms with Crippen molar-refractivity contribution < 1.29 is 29.1 Å². The molecule has 0 bridgehead atoms. The van der Waals surface area contributed by atoms with E-state index in [0.29, 0.717) is 23.1 Å². The van der Waals surface area contributed by atoms with Gasteiger partial charge in [0.2, 0.25) is 5.91 Å². The van der Waals surface area contributed by atoms with Gasteiger partial charge in [-0.1, -0.05) is 0 Å². The molecule has 1 aromatic rings. The summed E-state index contributed by atoms with van der Waals surface area (Å²) in [5.74, 6) is -1.91. The summed E-state index contributed by atoms with van der Waals surface area (Å²) in [6.45, 7) is 0. The quantitative estimate of drug-likeness (QED) is 0.365. The van der Waals surface area contributed by atoms with Crippen molar-refractivity contribution in [2.24, 2.45) is 0 Å². The highest BCUT2D eigenvalue weighted by Crippen LogP contribution is 2.18. The van der Waals surface area contributed by atoms with Gasteiger partial charge in [-0.05, 0) is 18.9 Å². The van der Waals surface area contributed by atoms with Gasteiger partial charge in [0.1, 0.15) is 0 Å². The number of aromatic nitrogens is 1. The van der Waals surface area contributed by atoms with Crippen molar-refractivity contribution in [3.8, 4) is 0 Å². The van der Waals surface area contributed by atoms with Crippen molar-refractivity contribution >= 4 is 19.0 Å². The third kappa shape index (κ3) is 4.71. The zero-order chi connectivity index (χ0) is 16.1. The lowest BCUT2D eigenvalue weighted by Gasteiger charge is -2.30. The van der Waals surface area contributed by atoms with Gasteiger partial charge in [-0.15, -0.1) is 0 Å². The summed E-state index contributed by atoms with van der Waals surface area (Å²) in [4.78, 5) is 22.5. The summed E-state index contributed by atoms with van der Waals surface area (Å²) in [7, 11) is -1.23. The molecule has 0 unspecified atom stereocenters. The van der Waals surface area contributed by atoms with Gasteiger partial charge >= 0.3 is 13.1 Å². The Balaban J connectivity index is 1.83. The molecule has 1 aliphatic heterocycles. The predicted molar refractivity (Wildman–Crippen MR) is 75.4 cm³/mol. The average Bonchev–Trinajstić information content (AvgIpc) is 2.41. The van der Waals surface area contributed by atoms with Gasteiger partial charge < -0.3 is 25.3 Å². The lowest BCUT2D eigenvalue weighted by molar-refractivity contribution is -0.605. The van der Waals surface area contributed by atoms with Crippen molar-refractivity contribution in [3.63, 3.8) is 0 Å². The molecule has 9 heteroatoms. The maximum atomic E-state index is 11.9. The van der Waals surface area contributed by atoms with Crippen molar-refractivity contribution in [3.05, 3.63) is 35.3 Å². The highest BCUT2D eigenvalue weighted by atomic mass is 16.5. The number of carbonyl (C=O) groups excluding carboxylic acids is 1. The molecule has 118 valence electrons. The van der Waals surface area contributed by atoms with Crippen LogP contribution in [0.25, 0.3) is 0 Å². The van der Waals surface area contributed by atoms with Crippen LogP contribution in [-0.2, 0) is 20.7 Å². The normalized spacial score (nSPS) is 21.4. The molecule has 1 amide bonds. The highest BCUT2D eigenvalue weighted by Gasteiger charge is 2.36. The van der Waals surface area contributed by atoms with Gasteiger partial charge in [0.05, 0.1) is 24.9 Å². The molecule has 0 saturated carbocycles. The minimum atomic E-state index is -1.23. The van der Waals surface area contributed by atoms with E-state index in [9.17, 15) is 19.8 Å². The smallest absolute Gasteiger partial charge is 0.478 e. The van der Waals surface area contributed by atoms with Crippen molar-refractivity contribution in [1.29, 1.82) is 0 Å². The number of carboxylic acids is 1. The SMILES string of the molecule is O=C(O)C[C@@H]1CC[C@H](NC(=O)Cc2ccc[n+]([O-])c2)B(O)O1. The Morgan fingerprint density at radius 1 is 1.50 bits per heavy atom. The van der Waals surface area contributed by atoms with Crippen LogP contribution in [0.2, 0.25) is 0 Å². The highest BCUT2D eigenvalue weighted by molar-refractivity contribution is 6.45. The predicted octanol–water partition coefficient (Wildman–Crippen LogP) is -0.979. The average molecular weight is 308 g/mol. The number of carbonyl (C=O) groups is 2. The molecule has 0 aliphatic carbocycles. The maximum absolute atomic E-state index is 11.9. The van der Waals surface area contributed by atoms with Crippen LogP contribution < -0.4 is 10.0 Å². The molecule has 1 aliphatic rings. The molecular formula is C13H17BN2O6. The van der Waals surface area contributed by atoms with E-state index in [2.05, 4.69) is 5.32 Å². The third-order valence-corrected chi connectivity index (χ3v) is 3.43. The van der Waals surface area contributed by atoms with Crippen LogP contribution in [0.1, 0.15) is 24.8 Å². The fraction of sp³-hybridized carbons (Fsp3) is 0.462. The van der Waals surface area contributed by atoms with Gasteiger partial charge in [0.25, 0.3) is 0 Å². The molecule has 2 atom stereocenters. The minimum Gasteiger partial charge on any atom is -0.619 e. The zero-order valence-corrected chi connectivity index (χ0v) is 11.8. The number of hydrogen-bond donors (Lipinski definition) is 3. The summed E-state index contributed by atoms with van der Waals surface area (Å²) in [5.41, 5.74) is 0.560. The molecule has 1 saturated heterocycles. The summed E-state index contributed by atoms with van der Waals surface area (Å²) in [6, 6.07) is 3.20. The lowest BCUT2D eigenvalue weighted by atomic mass is 9.72. The van der Waals surface area contributed by atoms with Crippen molar-refractivity contribution in [1.82, 2.24) is 5.32 Å². The fourth-order valence-corrected chi connectivity index (χ4v) is 2.41. The molecule has 0 radical (unpaired) electrons. The molecule has 1 fully saturated rings. The van der Waals surface area contributed by atoms with E-state index in [1.54, 1.807) is 12.1 Å². The number of nitrogens with one attached hydrogen (secondary N) is 1. The van der Waals surface area contributed by atoms with Gasteiger partial charge in [-0.25, -0.2) is 0 Å². The second-order valence-corrected chi connectivity index (χ2v) is 5.25. The Morgan fingerprint density at radius 2 is 2.27 bits per heavy atom. The van der Waals surface area contributed by atoms with Crippen molar-refractivity contribution in [2.45, 2.75) is 37.7 Å². The molecule has 22 heavy (non-hydrogen) atoms. The number of nitrogens with zero attached hydrogens (tertiary/aromatic N) is 1. The number of carboxylic acid groups (broad SMARTS) is 1. The first-order valence-corrected chi connectivity index (χ1v) is 6.96. The minimum absolute atomic E-state index is 0.0187. The topological polar surface area (TPSA) is 123 Å². The fourth-order valence-electron chi connectivity index (χ4n) is 2.41. The first-order valence-electron chi connectivity index (χ1n) is 6.96. The number of aliphatic carboxylic acids is 1. The van der Waals surface area contributed by atoms with Gasteiger partial charge in [-0.2, -0.15) is 4.73 Å². The molecule has 1 aromatic heterocycles. The second-order valence-electron chi connectivity index (χ2n) is 5.25. The number of pyridine rings is 1. The van der Waals surface area contributed by atoms with E-state index in [1.165, 1.54) is 12.4 Å². The van der Waals surface area contributed by atoms with E-state index in [-0.39, 0.29) is 18.7 Å². The Hall–Kier alpha value is -2.13. The zero-order valence-electron chi connectivity index (χ0n) is 11.8. The van der Waals surface area contributed by atoms with Gasteiger partial charge in [0.15, 0.2) is 12.4 Å². The first-order chi connectivity index (χ1) is 10.4. The van der Waals surface area contributed by atoms with Crippen molar-refractivity contribution in [2.75, 3.05) is 0 Å². The van der Waals surface area contributed by atoms with E-state index < -0.39 is 25.1 Å². The third-order valence-electron chi connectivity index (χ3n) is 3.43. The molecule has 3 N–H and O–H groups in total. The summed E-state index contributed by atoms with van der Waals surface area (Å²) in [5, 5.41) is 32.3. The number of hydrogen-bond acceptors (Lipinski definition) is 5. The standard InChI is InChI=1S/C13H17BN2O6/c17-12(6-9-2-1-5-16(21)8-9)15-11-4-3-10(7-13(18)19)22-14(11)20/h1-2,5,8,10-11,20H,3-4,6-7H2,(H,15,17)(H,18,19)/t10-,11-/m0/s1. The Bertz CT molecular complexity index is 555. The van der Waals surface area contributed by atoms with Crippen LogP contribution >= 0.6 is 0 Å². The Morgan fingerprint density at radius 3 is 2.91 bits per heavy atom. The summed E-state index contributed by atoms with van der Waals surface area (Å²) < 4.78 is 5.79. The first kappa shape index (κ1) is 16.2. The van der Waals surface area contributed by atoms with Crippen LogP contribution in [0.4, 0.5) is 0 Å². The van der Waals surface area contributed by atoms with Crippen LogP contribution in [-0.4, -0.2) is 41.2 Å². The van der Waals surface area contributed by atoms with Gasteiger partial charge in [0, 0.05) is 11.6 Å². The van der Waals surface area contributed by atoms with E-state index in [0.717, 1.165) is 0 Å². The van der Waals surface area contributed by atoms with Crippen LogP contribution in [0.3, 0.4) is 0 Å². The molecule has 2 rings (SSSR count). The van der Waals surface area contributed by atoms with Gasteiger partial charge in [-0.3, -0.25) is 9.59 Å². The summed E-state index contributed by atoms with van der Waals surface area (Å²) in [6.07, 6.45) is 2.80. The maximum Gasteiger partial charge on any atom is 0.478 e. The Labute approximate surface area is 127 Å². The lowest BCUT2D eigenvalue weighted by Crippen LogP contribution is -2.53. The monoisotopic (exact) mass is 308 g/mol. The van der Waals surface area contributed by atoms with Crippen LogP contribution in [0.5, 0.6) is 0 Å². The summed E-state index contributed by atoms with van der Waals surface area (Å²) >= 11 is 0. The molecular weight excluding hydrogens is 291 g/mol. The largest absolute Gasteiger partial charge is 0.619 e. The Kier molecular flexibility index (Phi) is 5.34. The molecule has 0 spiro atoms. The second kappa shape index (κ2) is 7.23. The molecule has 2 heterocycles. The van der Waals surface area contributed by atoms with E-state index in [4.69, 9.17) is 9.76 Å². The number of rotatable bonds is 5.